The monoisotopic (exact) mass is 335 g/mol. The Morgan fingerprint density at radius 2 is 1.74 bits per heavy atom. The van der Waals surface area contributed by atoms with Crippen molar-refractivity contribution >= 4 is 29.1 Å². The van der Waals surface area contributed by atoms with Gasteiger partial charge in [-0.05, 0) is 29.9 Å². The molecule has 0 spiro atoms. The van der Waals surface area contributed by atoms with Crippen molar-refractivity contribution in [1.29, 1.82) is 0 Å². The lowest BCUT2D eigenvalue weighted by Crippen LogP contribution is -2.32. The van der Waals surface area contributed by atoms with Crippen LogP contribution in [0.15, 0.2) is 23.1 Å². The molecule has 2 amide bonds. The largest absolute Gasteiger partial charge is 0.493 e. The van der Waals surface area contributed by atoms with Crippen LogP contribution in [0.4, 0.5) is 0 Å². The standard InChI is InChI=1S/C17H21NO4S/c1-5-9-18-16(19)14(15(17(18)20)23-6-2)11-7-8-12(21-3)13(10-11)22-4/h7-8,10H,5-6,9H2,1-4H3. The minimum atomic E-state index is -0.236. The first-order valence-electron chi connectivity index (χ1n) is 7.54. The summed E-state index contributed by atoms with van der Waals surface area (Å²) in [6.45, 7) is 4.34. The van der Waals surface area contributed by atoms with Gasteiger partial charge in [-0.3, -0.25) is 14.5 Å². The van der Waals surface area contributed by atoms with Crippen molar-refractivity contribution in [3.05, 3.63) is 28.7 Å². The Bertz CT molecular complexity index is 654. The van der Waals surface area contributed by atoms with Crippen molar-refractivity contribution in [2.24, 2.45) is 0 Å². The van der Waals surface area contributed by atoms with Gasteiger partial charge >= 0.3 is 0 Å². The molecule has 0 N–H and O–H groups in total. The van der Waals surface area contributed by atoms with E-state index in [1.54, 1.807) is 32.4 Å². The van der Waals surface area contributed by atoms with E-state index < -0.39 is 0 Å². The topological polar surface area (TPSA) is 55.8 Å². The summed E-state index contributed by atoms with van der Waals surface area (Å²) in [5.41, 5.74) is 1.13. The Morgan fingerprint density at radius 3 is 2.30 bits per heavy atom. The lowest BCUT2D eigenvalue weighted by Gasteiger charge is -2.14. The Hall–Kier alpha value is -1.95. The smallest absolute Gasteiger partial charge is 0.267 e. The first-order valence-corrected chi connectivity index (χ1v) is 8.53. The quantitative estimate of drug-likeness (QED) is 0.717. The van der Waals surface area contributed by atoms with Crippen LogP contribution in [0.25, 0.3) is 5.57 Å². The summed E-state index contributed by atoms with van der Waals surface area (Å²) in [6.07, 6.45) is 0.737. The highest BCUT2D eigenvalue weighted by atomic mass is 32.2. The Kier molecular flexibility index (Phi) is 5.71. The van der Waals surface area contributed by atoms with Crippen molar-refractivity contribution < 1.29 is 19.1 Å². The van der Waals surface area contributed by atoms with Gasteiger partial charge in [0.2, 0.25) is 0 Å². The van der Waals surface area contributed by atoms with Crippen LogP contribution in [0, 0.1) is 0 Å². The second kappa shape index (κ2) is 7.55. The first kappa shape index (κ1) is 17.4. The highest BCUT2D eigenvalue weighted by molar-refractivity contribution is 8.04. The molecule has 1 aliphatic heterocycles. The van der Waals surface area contributed by atoms with Gasteiger partial charge in [0.25, 0.3) is 11.8 Å². The molecule has 0 bridgehead atoms. The molecular formula is C17H21NO4S. The van der Waals surface area contributed by atoms with E-state index in [9.17, 15) is 9.59 Å². The van der Waals surface area contributed by atoms with Crippen LogP contribution < -0.4 is 9.47 Å². The van der Waals surface area contributed by atoms with Crippen molar-refractivity contribution in [1.82, 2.24) is 4.90 Å². The number of amides is 2. The van der Waals surface area contributed by atoms with E-state index in [0.717, 1.165) is 12.2 Å². The summed E-state index contributed by atoms with van der Waals surface area (Å²) in [5.74, 6) is 1.41. The van der Waals surface area contributed by atoms with E-state index in [2.05, 4.69) is 0 Å². The summed E-state index contributed by atoms with van der Waals surface area (Å²) >= 11 is 1.40. The number of hydrogen-bond acceptors (Lipinski definition) is 5. The third-order valence-electron chi connectivity index (χ3n) is 3.53. The average Bonchev–Trinajstić information content (AvgIpc) is 2.79. The third-order valence-corrected chi connectivity index (χ3v) is 4.49. The summed E-state index contributed by atoms with van der Waals surface area (Å²) in [5, 5.41) is 0. The number of carbonyl (C=O) groups is 2. The Morgan fingerprint density at radius 1 is 1.04 bits per heavy atom. The van der Waals surface area contributed by atoms with Crippen molar-refractivity contribution in [3.63, 3.8) is 0 Å². The zero-order valence-electron chi connectivity index (χ0n) is 13.8. The van der Waals surface area contributed by atoms with Crippen LogP contribution in [0.1, 0.15) is 25.8 Å². The molecule has 0 radical (unpaired) electrons. The van der Waals surface area contributed by atoms with Gasteiger partial charge in [0, 0.05) is 6.54 Å². The maximum absolute atomic E-state index is 12.7. The van der Waals surface area contributed by atoms with Gasteiger partial charge in [-0.25, -0.2) is 0 Å². The average molecular weight is 335 g/mol. The zero-order valence-corrected chi connectivity index (χ0v) is 14.7. The number of nitrogens with zero attached hydrogens (tertiary/aromatic N) is 1. The number of benzene rings is 1. The molecule has 2 rings (SSSR count). The van der Waals surface area contributed by atoms with Gasteiger partial charge in [-0.2, -0.15) is 0 Å². The number of methoxy groups -OCH3 is 2. The molecule has 1 aromatic rings. The molecule has 0 unspecified atom stereocenters. The second-order valence-electron chi connectivity index (χ2n) is 4.97. The van der Waals surface area contributed by atoms with Gasteiger partial charge in [0.15, 0.2) is 11.5 Å². The lowest BCUT2D eigenvalue weighted by molar-refractivity contribution is -0.136. The zero-order chi connectivity index (χ0) is 17.0. The number of imide groups is 1. The minimum Gasteiger partial charge on any atom is -0.493 e. The van der Waals surface area contributed by atoms with Crippen molar-refractivity contribution in [3.8, 4) is 11.5 Å². The van der Waals surface area contributed by atoms with E-state index in [-0.39, 0.29) is 11.8 Å². The molecule has 124 valence electrons. The van der Waals surface area contributed by atoms with Gasteiger partial charge < -0.3 is 9.47 Å². The van der Waals surface area contributed by atoms with Crippen LogP contribution in [0.2, 0.25) is 0 Å². The van der Waals surface area contributed by atoms with E-state index in [1.807, 2.05) is 13.8 Å². The minimum absolute atomic E-state index is 0.200. The van der Waals surface area contributed by atoms with Gasteiger partial charge in [0.05, 0.1) is 24.7 Å². The fourth-order valence-corrected chi connectivity index (χ4v) is 3.38. The van der Waals surface area contributed by atoms with E-state index in [4.69, 9.17) is 9.47 Å². The molecule has 0 saturated heterocycles. The summed E-state index contributed by atoms with van der Waals surface area (Å²) in [7, 11) is 3.10. The maximum atomic E-state index is 12.7. The molecule has 1 aliphatic rings. The van der Waals surface area contributed by atoms with E-state index >= 15 is 0 Å². The summed E-state index contributed by atoms with van der Waals surface area (Å²) in [6, 6.07) is 5.27. The molecular weight excluding hydrogens is 314 g/mol. The van der Waals surface area contributed by atoms with Gasteiger partial charge in [0.1, 0.15) is 0 Å². The summed E-state index contributed by atoms with van der Waals surface area (Å²) < 4.78 is 10.5. The van der Waals surface area contributed by atoms with Crippen LogP contribution in [-0.2, 0) is 9.59 Å². The Labute approximate surface area is 140 Å². The van der Waals surface area contributed by atoms with E-state index in [1.165, 1.54) is 16.7 Å². The normalized spacial score (nSPS) is 14.7. The number of ether oxygens (including phenoxy) is 2. The molecule has 1 heterocycles. The predicted molar refractivity (Wildman–Crippen MR) is 91.6 cm³/mol. The third kappa shape index (κ3) is 3.22. The fourth-order valence-electron chi connectivity index (χ4n) is 2.51. The highest BCUT2D eigenvalue weighted by Gasteiger charge is 2.38. The highest BCUT2D eigenvalue weighted by Crippen LogP contribution is 2.38. The molecule has 5 nitrogen and oxygen atoms in total. The van der Waals surface area contributed by atoms with Crippen LogP contribution in [0.5, 0.6) is 11.5 Å². The molecule has 0 atom stereocenters. The van der Waals surface area contributed by atoms with Crippen LogP contribution >= 0.6 is 11.8 Å². The molecule has 0 aliphatic carbocycles. The second-order valence-corrected chi connectivity index (χ2v) is 6.24. The SMILES string of the molecule is CCCN1C(=O)C(SCC)=C(c2ccc(OC)c(OC)c2)C1=O. The molecule has 1 aromatic carbocycles. The number of thioether (sulfide) groups is 1. The van der Waals surface area contributed by atoms with E-state index in [0.29, 0.717) is 34.1 Å². The molecule has 6 heteroatoms. The van der Waals surface area contributed by atoms with Crippen LogP contribution in [0.3, 0.4) is 0 Å². The molecule has 0 fully saturated rings. The molecule has 0 aromatic heterocycles. The molecule has 0 saturated carbocycles. The van der Waals surface area contributed by atoms with Gasteiger partial charge in [-0.1, -0.05) is 19.9 Å². The maximum Gasteiger partial charge on any atom is 0.267 e. The number of hydrogen-bond donors (Lipinski definition) is 0. The predicted octanol–water partition coefficient (Wildman–Crippen LogP) is 2.95. The number of rotatable bonds is 7. The lowest BCUT2D eigenvalue weighted by atomic mass is 10.1. The van der Waals surface area contributed by atoms with Crippen LogP contribution in [-0.4, -0.2) is 43.2 Å². The summed E-state index contributed by atoms with van der Waals surface area (Å²) in [4.78, 5) is 27.1. The Balaban J connectivity index is 2.53. The number of carbonyl (C=O) groups excluding carboxylic acids is 2. The first-order chi connectivity index (χ1) is 11.1. The molecule has 23 heavy (non-hydrogen) atoms. The van der Waals surface area contributed by atoms with Crippen molar-refractivity contribution in [2.45, 2.75) is 20.3 Å². The van der Waals surface area contributed by atoms with Gasteiger partial charge in [-0.15, -0.1) is 11.8 Å². The van der Waals surface area contributed by atoms with Crippen molar-refractivity contribution in [2.75, 3.05) is 26.5 Å². The fraction of sp³-hybridized carbons (Fsp3) is 0.412.